The average Bonchev–Trinajstić information content (AvgIpc) is 3.12. The molecule has 7 heteroatoms. The van der Waals surface area contributed by atoms with Gasteiger partial charge in [-0.2, -0.15) is 4.52 Å². The molecule has 0 aliphatic heterocycles. The highest BCUT2D eigenvalue weighted by atomic mass is 79.9. The van der Waals surface area contributed by atoms with E-state index >= 15 is 0 Å². The number of aromatic hydroxyl groups is 1. The number of allylic oxidation sites excluding steroid dienone is 1. The van der Waals surface area contributed by atoms with Crippen molar-refractivity contribution >= 4 is 44.3 Å². The molecule has 4 aromatic rings. The van der Waals surface area contributed by atoms with Crippen molar-refractivity contribution < 1.29 is 9.90 Å². The summed E-state index contributed by atoms with van der Waals surface area (Å²) < 4.78 is 2.38. The third-order valence-corrected chi connectivity index (χ3v) is 4.58. The lowest BCUT2D eigenvalue weighted by Crippen LogP contribution is -1.96. The predicted molar refractivity (Wildman–Crippen MR) is 102 cm³/mol. The minimum absolute atomic E-state index is 0.0638. The van der Waals surface area contributed by atoms with Crippen LogP contribution in [0.15, 0.2) is 53.0 Å². The molecule has 0 saturated heterocycles. The van der Waals surface area contributed by atoms with Gasteiger partial charge in [-0.05, 0) is 65.4 Å². The molecule has 0 amide bonds. The number of tetrazole rings is 1. The van der Waals surface area contributed by atoms with Gasteiger partial charge in [-0.25, -0.2) is 0 Å². The van der Waals surface area contributed by atoms with Gasteiger partial charge in [-0.15, -0.1) is 5.10 Å². The predicted octanol–water partition coefficient (Wildman–Crippen LogP) is 3.95. The number of aryl methyl sites for hydroxylation is 1. The molecule has 2 aromatic carbocycles. The molecule has 26 heavy (non-hydrogen) atoms. The van der Waals surface area contributed by atoms with Crippen molar-refractivity contribution in [3.05, 3.63) is 69.7 Å². The van der Waals surface area contributed by atoms with Crippen LogP contribution in [0.4, 0.5) is 0 Å². The largest absolute Gasteiger partial charge is 0.507 e. The van der Waals surface area contributed by atoms with Gasteiger partial charge < -0.3 is 5.11 Å². The van der Waals surface area contributed by atoms with E-state index in [2.05, 4.69) is 31.5 Å². The molecule has 128 valence electrons. The van der Waals surface area contributed by atoms with E-state index in [9.17, 15) is 9.90 Å². The SMILES string of the molecule is Cc1ccc2cc(/C=C/C(=O)c3cc(Br)ccc3O)c3nnnn3c2c1. The molecule has 0 radical (unpaired) electrons. The molecule has 1 N–H and O–H groups in total. The number of carbonyl (C=O) groups is 1. The van der Waals surface area contributed by atoms with Crippen LogP contribution in [0.1, 0.15) is 21.5 Å². The summed E-state index contributed by atoms with van der Waals surface area (Å²) in [6.07, 6.45) is 3.07. The zero-order valence-corrected chi connectivity index (χ0v) is 15.3. The van der Waals surface area contributed by atoms with Crippen LogP contribution < -0.4 is 0 Å². The summed E-state index contributed by atoms with van der Waals surface area (Å²) in [5.41, 5.74) is 3.51. The molecule has 2 heterocycles. The van der Waals surface area contributed by atoms with Crippen molar-refractivity contribution in [1.29, 1.82) is 0 Å². The number of pyridine rings is 1. The summed E-state index contributed by atoms with van der Waals surface area (Å²) in [5.74, 6) is -0.371. The number of hydrogen-bond donors (Lipinski definition) is 1. The van der Waals surface area contributed by atoms with E-state index < -0.39 is 0 Å². The molecular weight excluding hydrogens is 396 g/mol. The monoisotopic (exact) mass is 408 g/mol. The van der Waals surface area contributed by atoms with Gasteiger partial charge in [0.2, 0.25) is 0 Å². The Kier molecular flexibility index (Phi) is 4.00. The zero-order valence-electron chi connectivity index (χ0n) is 13.7. The van der Waals surface area contributed by atoms with Crippen LogP contribution in [0.3, 0.4) is 0 Å². The lowest BCUT2D eigenvalue weighted by Gasteiger charge is -2.04. The zero-order chi connectivity index (χ0) is 18.3. The first-order valence-corrected chi connectivity index (χ1v) is 8.64. The Morgan fingerprint density at radius 1 is 1.19 bits per heavy atom. The van der Waals surface area contributed by atoms with E-state index in [4.69, 9.17) is 0 Å². The van der Waals surface area contributed by atoms with Gasteiger partial charge in [0, 0.05) is 15.4 Å². The number of benzene rings is 2. The molecule has 0 spiro atoms. The van der Waals surface area contributed by atoms with Gasteiger partial charge >= 0.3 is 0 Å². The summed E-state index contributed by atoms with van der Waals surface area (Å²) in [6.45, 7) is 2.01. The molecule has 0 aliphatic rings. The number of phenolic OH excluding ortho intramolecular Hbond substituents is 1. The van der Waals surface area contributed by atoms with Gasteiger partial charge in [-0.1, -0.05) is 28.1 Å². The molecule has 4 rings (SSSR count). The lowest BCUT2D eigenvalue weighted by molar-refractivity contribution is 0.104. The normalized spacial score (nSPS) is 11.6. The fourth-order valence-corrected chi connectivity index (χ4v) is 3.17. The smallest absolute Gasteiger partial charge is 0.189 e. The minimum atomic E-state index is -0.307. The van der Waals surface area contributed by atoms with Gasteiger partial charge in [-0.3, -0.25) is 4.79 Å². The number of hydrogen-bond acceptors (Lipinski definition) is 5. The Hall–Kier alpha value is -3.06. The number of rotatable bonds is 3. The van der Waals surface area contributed by atoms with E-state index in [1.807, 2.05) is 31.2 Å². The van der Waals surface area contributed by atoms with Crippen LogP contribution in [-0.4, -0.2) is 30.9 Å². The second-order valence-electron chi connectivity index (χ2n) is 5.94. The van der Waals surface area contributed by atoms with E-state index in [-0.39, 0.29) is 17.1 Å². The van der Waals surface area contributed by atoms with Crippen molar-refractivity contribution in [3.63, 3.8) is 0 Å². The second-order valence-corrected chi connectivity index (χ2v) is 6.85. The second kappa shape index (κ2) is 6.34. The van der Waals surface area contributed by atoms with Crippen molar-refractivity contribution in [1.82, 2.24) is 20.0 Å². The summed E-state index contributed by atoms with van der Waals surface area (Å²) >= 11 is 3.30. The Balaban J connectivity index is 1.80. The summed E-state index contributed by atoms with van der Waals surface area (Å²) in [4.78, 5) is 12.4. The van der Waals surface area contributed by atoms with Crippen LogP contribution in [0.2, 0.25) is 0 Å². The Morgan fingerprint density at radius 2 is 2.04 bits per heavy atom. The number of fused-ring (bicyclic) bond motifs is 3. The van der Waals surface area contributed by atoms with Crippen LogP contribution in [0.25, 0.3) is 22.6 Å². The number of halogens is 1. The minimum Gasteiger partial charge on any atom is -0.507 e. The van der Waals surface area contributed by atoms with Gasteiger partial charge in [0.15, 0.2) is 11.4 Å². The summed E-state index contributed by atoms with van der Waals surface area (Å²) in [5, 5.41) is 22.7. The van der Waals surface area contributed by atoms with E-state index in [1.165, 1.54) is 12.1 Å². The Labute approximate surface area is 156 Å². The standard InChI is InChI=1S/C19H13BrN4O2/c1-11-2-3-12-9-13(19-21-22-23-24(19)16(12)8-11)4-6-17(25)15-10-14(20)5-7-18(15)26/h2-10,26H,1H3/b6-4+. The fraction of sp³-hybridized carbons (Fsp3) is 0.0526. The third-order valence-electron chi connectivity index (χ3n) is 4.09. The van der Waals surface area contributed by atoms with Crippen LogP contribution in [-0.2, 0) is 0 Å². The first kappa shape index (κ1) is 16.4. The molecule has 0 fully saturated rings. The van der Waals surface area contributed by atoms with Gasteiger partial charge in [0.25, 0.3) is 0 Å². The molecular formula is C19H13BrN4O2. The summed E-state index contributed by atoms with van der Waals surface area (Å²) in [7, 11) is 0. The topological polar surface area (TPSA) is 80.4 Å². The summed E-state index contributed by atoms with van der Waals surface area (Å²) in [6, 6.07) is 12.7. The number of ketones is 1. The highest BCUT2D eigenvalue weighted by molar-refractivity contribution is 9.10. The average molecular weight is 409 g/mol. The molecule has 6 nitrogen and oxygen atoms in total. The molecule has 0 saturated carbocycles. The lowest BCUT2D eigenvalue weighted by atomic mass is 10.1. The van der Waals surface area contributed by atoms with Crippen LogP contribution in [0.5, 0.6) is 5.75 Å². The number of nitrogens with zero attached hydrogens (tertiary/aromatic N) is 4. The van der Waals surface area contributed by atoms with E-state index in [0.717, 1.165) is 20.9 Å². The quantitative estimate of drug-likeness (QED) is 0.410. The molecule has 0 atom stereocenters. The van der Waals surface area contributed by atoms with E-state index in [1.54, 1.807) is 22.7 Å². The number of aromatic nitrogens is 4. The first-order chi connectivity index (χ1) is 12.5. The maximum atomic E-state index is 12.4. The van der Waals surface area contributed by atoms with Gasteiger partial charge in [0.1, 0.15) is 5.75 Å². The first-order valence-electron chi connectivity index (χ1n) is 7.85. The van der Waals surface area contributed by atoms with Crippen molar-refractivity contribution in [2.45, 2.75) is 6.92 Å². The molecule has 0 aliphatic carbocycles. The molecule has 0 unspecified atom stereocenters. The van der Waals surface area contributed by atoms with Crippen LogP contribution in [0, 0.1) is 6.92 Å². The Morgan fingerprint density at radius 3 is 2.88 bits per heavy atom. The number of phenols is 1. The van der Waals surface area contributed by atoms with Crippen LogP contribution >= 0.6 is 15.9 Å². The van der Waals surface area contributed by atoms with Crippen molar-refractivity contribution in [2.75, 3.05) is 0 Å². The van der Waals surface area contributed by atoms with Crippen molar-refractivity contribution in [3.8, 4) is 5.75 Å². The van der Waals surface area contributed by atoms with Crippen molar-refractivity contribution in [2.24, 2.45) is 0 Å². The third kappa shape index (κ3) is 2.86. The van der Waals surface area contributed by atoms with E-state index in [0.29, 0.717) is 11.2 Å². The Bertz CT molecular complexity index is 1200. The fourth-order valence-electron chi connectivity index (χ4n) is 2.80. The maximum absolute atomic E-state index is 12.4. The highest BCUT2D eigenvalue weighted by Crippen LogP contribution is 2.24. The number of carbonyl (C=O) groups excluding carboxylic acids is 1. The molecule has 2 aromatic heterocycles. The maximum Gasteiger partial charge on any atom is 0.189 e. The highest BCUT2D eigenvalue weighted by Gasteiger charge is 2.11. The molecule has 0 bridgehead atoms. The van der Waals surface area contributed by atoms with Gasteiger partial charge in [0.05, 0.1) is 11.1 Å².